The molecule has 1 N–H and O–H groups in total. The summed E-state index contributed by atoms with van der Waals surface area (Å²) in [5.74, 6) is 3.55. The molecule has 2 fully saturated rings. The van der Waals surface area contributed by atoms with Crippen molar-refractivity contribution in [2.75, 3.05) is 45.2 Å². The summed E-state index contributed by atoms with van der Waals surface area (Å²) in [4.78, 5) is 7.62. The minimum absolute atomic E-state index is 0.270. The number of aromatic nitrogens is 1. The summed E-state index contributed by atoms with van der Waals surface area (Å²) >= 11 is 0. The molecule has 3 aliphatic rings. The van der Waals surface area contributed by atoms with E-state index in [4.69, 9.17) is 14.5 Å². The maximum absolute atomic E-state index is 6.19. The predicted octanol–water partition coefficient (Wildman–Crippen LogP) is 5.05. The van der Waals surface area contributed by atoms with Crippen molar-refractivity contribution in [3.63, 3.8) is 0 Å². The molecule has 2 aromatic rings. The molecule has 0 bridgehead atoms. The lowest BCUT2D eigenvalue weighted by Crippen LogP contribution is -2.21. The van der Waals surface area contributed by atoms with Crippen LogP contribution in [0, 0.1) is 11.3 Å². The molecule has 2 aliphatic carbocycles. The SMILES string of the molecule is COc1cc2c3c(c(NCC4CC4)nc2cc1OCCCN1CCCC1)CC(C)(C)C3. The number of pyridine rings is 1. The minimum Gasteiger partial charge on any atom is -0.493 e. The van der Waals surface area contributed by atoms with Gasteiger partial charge in [-0.05, 0) is 86.6 Å². The number of rotatable bonds is 9. The number of nitrogens with one attached hydrogen (secondary N) is 1. The van der Waals surface area contributed by atoms with Crippen molar-refractivity contribution in [1.29, 1.82) is 0 Å². The number of anilines is 1. The Balaban J connectivity index is 1.40. The second kappa shape index (κ2) is 8.50. The number of fused-ring (bicyclic) bond motifs is 3. The van der Waals surface area contributed by atoms with Crippen molar-refractivity contribution in [1.82, 2.24) is 9.88 Å². The van der Waals surface area contributed by atoms with Crippen molar-refractivity contribution in [3.8, 4) is 11.5 Å². The van der Waals surface area contributed by atoms with Crippen molar-refractivity contribution in [3.05, 3.63) is 23.3 Å². The van der Waals surface area contributed by atoms with E-state index in [-0.39, 0.29) is 5.41 Å². The summed E-state index contributed by atoms with van der Waals surface area (Å²) < 4.78 is 11.9. The van der Waals surface area contributed by atoms with Gasteiger partial charge >= 0.3 is 0 Å². The summed E-state index contributed by atoms with van der Waals surface area (Å²) in [7, 11) is 1.74. The molecular weight excluding hydrogens is 386 g/mol. The molecule has 1 aromatic heterocycles. The zero-order valence-corrected chi connectivity index (χ0v) is 19.4. The van der Waals surface area contributed by atoms with Crippen LogP contribution in [0.15, 0.2) is 12.1 Å². The molecule has 1 aromatic carbocycles. The van der Waals surface area contributed by atoms with Gasteiger partial charge in [-0.25, -0.2) is 4.98 Å². The van der Waals surface area contributed by atoms with Crippen molar-refractivity contribution in [2.45, 2.75) is 58.8 Å². The summed E-state index contributed by atoms with van der Waals surface area (Å²) in [6.07, 6.45) is 8.57. The number of likely N-dealkylation sites (tertiary alicyclic amines) is 1. The van der Waals surface area contributed by atoms with Crippen molar-refractivity contribution < 1.29 is 9.47 Å². The maximum Gasteiger partial charge on any atom is 0.163 e. The average molecular weight is 424 g/mol. The highest BCUT2D eigenvalue weighted by molar-refractivity contribution is 5.89. The molecule has 31 heavy (non-hydrogen) atoms. The van der Waals surface area contributed by atoms with Crippen LogP contribution in [0.5, 0.6) is 11.5 Å². The van der Waals surface area contributed by atoms with Gasteiger partial charge in [-0.1, -0.05) is 13.8 Å². The fourth-order valence-electron chi connectivity index (χ4n) is 5.25. The van der Waals surface area contributed by atoms with Gasteiger partial charge < -0.3 is 19.7 Å². The molecule has 5 nitrogen and oxygen atoms in total. The third-order valence-electron chi connectivity index (χ3n) is 7.13. The highest BCUT2D eigenvalue weighted by atomic mass is 16.5. The molecule has 1 saturated carbocycles. The standard InChI is InChI=1S/C26H37N3O2/c1-26(2)15-20-19-13-23(30-3)24(31-12-6-11-29-9-4-5-10-29)14-22(19)28-25(21(20)16-26)27-17-18-7-8-18/h13-14,18H,4-12,15-17H2,1-3H3,(H,27,28). The van der Waals surface area contributed by atoms with Gasteiger partial charge in [0.2, 0.25) is 0 Å². The van der Waals surface area contributed by atoms with Crippen molar-refractivity contribution in [2.24, 2.45) is 11.3 Å². The first kappa shape index (κ1) is 20.9. The first-order chi connectivity index (χ1) is 15.0. The van der Waals surface area contributed by atoms with E-state index in [1.165, 1.54) is 55.3 Å². The minimum atomic E-state index is 0.270. The average Bonchev–Trinajstić information content (AvgIpc) is 3.31. The molecule has 5 heteroatoms. The van der Waals surface area contributed by atoms with Crippen LogP contribution in [0.4, 0.5) is 5.82 Å². The molecule has 2 heterocycles. The van der Waals surface area contributed by atoms with E-state index in [1.807, 2.05) is 0 Å². The van der Waals surface area contributed by atoms with Crippen LogP contribution >= 0.6 is 0 Å². The van der Waals surface area contributed by atoms with Gasteiger partial charge in [0.1, 0.15) is 5.82 Å². The third kappa shape index (κ3) is 4.62. The molecule has 5 rings (SSSR count). The van der Waals surface area contributed by atoms with Crippen LogP contribution < -0.4 is 14.8 Å². The highest BCUT2D eigenvalue weighted by Gasteiger charge is 2.33. The Morgan fingerprint density at radius 3 is 2.61 bits per heavy atom. The Labute approximate surface area is 186 Å². The van der Waals surface area contributed by atoms with Gasteiger partial charge in [-0.3, -0.25) is 0 Å². The van der Waals surface area contributed by atoms with E-state index in [0.29, 0.717) is 6.61 Å². The molecule has 168 valence electrons. The van der Waals surface area contributed by atoms with E-state index in [1.54, 1.807) is 7.11 Å². The second-order valence-electron chi connectivity index (χ2n) is 10.5. The number of ether oxygens (including phenoxy) is 2. The molecule has 0 spiro atoms. The van der Waals surface area contributed by atoms with Crippen LogP contribution in [-0.4, -0.2) is 49.8 Å². The Hall–Kier alpha value is -2.01. The topological polar surface area (TPSA) is 46.6 Å². The zero-order chi connectivity index (χ0) is 21.4. The second-order valence-corrected chi connectivity index (χ2v) is 10.5. The fraction of sp³-hybridized carbons (Fsp3) is 0.654. The van der Waals surface area contributed by atoms with Gasteiger partial charge in [-0.15, -0.1) is 0 Å². The number of hydrogen-bond donors (Lipinski definition) is 1. The molecular formula is C26H37N3O2. The van der Waals surface area contributed by atoms with E-state index in [2.05, 4.69) is 36.2 Å². The largest absolute Gasteiger partial charge is 0.493 e. The molecule has 0 unspecified atom stereocenters. The van der Waals surface area contributed by atoms with E-state index >= 15 is 0 Å². The molecule has 0 amide bonds. The monoisotopic (exact) mass is 423 g/mol. The highest BCUT2D eigenvalue weighted by Crippen LogP contribution is 2.45. The van der Waals surface area contributed by atoms with Gasteiger partial charge in [0.25, 0.3) is 0 Å². The van der Waals surface area contributed by atoms with Crippen molar-refractivity contribution >= 4 is 16.7 Å². The predicted molar refractivity (Wildman–Crippen MR) is 126 cm³/mol. The third-order valence-corrected chi connectivity index (χ3v) is 7.13. The quantitative estimate of drug-likeness (QED) is 0.572. The lowest BCUT2D eigenvalue weighted by Gasteiger charge is -2.17. The first-order valence-corrected chi connectivity index (χ1v) is 12.1. The summed E-state index contributed by atoms with van der Waals surface area (Å²) in [6.45, 7) is 10.1. The fourth-order valence-corrected chi connectivity index (χ4v) is 5.25. The Morgan fingerprint density at radius 1 is 1.10 bits per heavy atom. The van der Waals surface area contributed by atoms with Crippen LogP contribution in [-0.2, 0) is 12.8 Å². The first-order valence-electron chi connectivity index (χ1n) is 12.1. The Kier molecular flexibility index (Phi) is 5.72. The van der Waals surface area contributed by atoms with E-state index in [0.717, 1.165) is 61.1 Å². The van der Waals surface area contributed by atoms with Crippen LogP contribution in [0.25, 0.3) is 10.9 Å². The van der Waals surface area contributed by atoms with Gasteiger partial charge in [0.05, 0.1) is 19.2 Å². The Bertz CT molecular complexity index is 946. The molecule has 1 aliphatic heterocycles. The van der Waals surface area contributed by atoms with Crippen LogP contribution in [0.3, 0.4) is 0 Å². The van der Waals surface area contributed by atoms with E-state index < -0.39 is 0 Å². The lowest BCUT2D eigenvalue weighted by atomic mass is 9.90. The van der Waals surface area contributed by atoms with Gasteiger partial charge in [0.15, 0.2) is 11.5 Å². The molecule has 0 atom stereocenters. The zero-order valence-electron chi connectivity index (χ0n) is 19.4. The molecule has 1 saturated heterocycles. The summed E-state index contributed by atoms with van der Waals surface area (Å²) in [5.41, 5.74) is 4.13. The number of nitrogens with zero attached hydrogens (tertiary/aromatic N) is 2. The van der Waals surface area contributed by atoms with Gasteiger partial charge in [0, 0.05) is 24.5 Å². The molecule has 0 radical (unpaired) electrons. The number of methoxy groups -OCH3 is 1. The summed E-state index contributed by atoms with van der Waals surface area (Å²) in [6, 6.07) is 4.25. The van der Waals surface area contributed by atoms with E-state index in [9.17, 15) is 0 Å². The normalized spacial score (nSPS) is 20.2. The summed E-state index contributed by atoms with van der Waals surface area (Å²) in [5, 5.41) is 4.90. The number of hydrogen-bond acceptors (Lipinski definition) is 5. The number of benzene rings is 1. The van der Waals surface area contributed by atoms with Crippen LogP contribution in [0.2, 0.25) is 0 Å². The smallest absolute Gasteiger partial charge is 0.163 e. The lowest BCUT2D eigenvalue weighted by molar-refractivity contribution is 0.254. The maximum atomic E-state index is 6.19. The van der Waals surface area contributed by atoms with Gasteiger partial charge in [-0.2, -0.15) is 0 Å². The Morgan fingerprint density at radius 2 is 1.87 bits per heavy atom. The van der Waals surface area contributed by atoms with Crippen LogP contribution in [0.1, 0.15) is 57.1 Å².